The average molecular weight is 337 g/mol. The fraction of sp³-hybridized carbons (Fsp3) is 0.0769. The predicted octanol–water partition coefficient (Wildman–Crippen LogP) is 3.14. The van der Waals surface area contributed by atoms with Crippen LogP contribution in [0.2, 0.25) is 0 Å². The third-order valence-corrected chi connectivity index (χ3v) is 3.44. The number of carbonyl (C=O) groups excluding carboxylic acids is 1. The van der Waals surface area contributed by atoms with Crippen LogP contribution in [-0.2, 0) is 6.61 Å². The molecular weight excluding hydrogens is 328 g/mol. The minimum absolute atomic E-state index is 0.0134. The van der Waals surface area contributed by atoms with Crippen LogP contribution in [0.1, 0.15) is 16.1 Å². The zero-order chi connectivity index (χ0) is 14.5. The lowest BCUT2D eigenvalue weighted by Gasteiger charge is -2.07. The van der Waals surface area contributed by atoms with Gasteiger partial charge in [0.05, 0.1) is 11.1 Å². The summed E-state index contributed by atoms with van der Waals surface area (Å²) in [4.78, 5) is 24.7. The number of rotatable bonds is 5. The van der Waals surface area contributed by atoms with Crippen molar-refractivity contribution < 1.29 is 14.5 Å². The van der Waals surface area contributed by atoms with Gasteiger partial charge in [-0.1, -0.05) is 12.1 Å². The monoisotopic (exact) mass is 336 g/mol. The van der Waals surface area contributed by atoms with Crippen molar-refractivity contribution in [3.8, 4) is 5.75 Å². The Kier molecular flexibility index (Phi) is 4.41. The zero-order valence-electron chi connectivity index (χ0n) is 10.2. The van der Waals surface area contributed by atoms with Crippen molar-refractivity contribution >= 4 is 27.9 Å². The van der Waals surface area contributed by atoms with E-state index in [4.69, 9.17) is 4.74 Å². The van der Waals surface area contributed by atoms with E-state index in [-0.39, 0.29) is 12.3 Å². The van der Waals surface area contributed by atoms with E-state index < -0.39 is 4.92 Å². The highest BCUT2D eigenvalue weighted by Gasteiger charge is 2.14. The Balaban J connectivity index is 2.12. The number of aldehydes is 1. The summed E-state index contributed by atoms with van der Waals surface area (Å²) >= 11 is 3.19. The maximum atomic E-state index is 10.8. The van der Waals surface area contributed by atoms with Gasteiger partial charge in [-0.3, -0.25) is 14.9 Å². The largest absolute Gasteiger partial charge is 0.487 e. The third kappa shape index (κ3) is 3.18. The SMILES string of the molecule is O=Cc1ccc(OCc2cccc([N+](=O)[O-])c2Br)cn1. The Morgan fingerprint density at radius 3 is 2.75 bits per heavy atom. The van der Waals surface area contributed by atoms with Crippen LogP contribution in [0, 0.1) is 10.1 Å². The number of ether oxygens (including phenoxy) is 1. The van der Waals surface area contributed by atoms with Gasteiger partial charge >= 0.3 is 0 Å². The Morgan fingerprint density at radius 1 is 1.35 bits per heavy atom. The molecule has 0 saturated carbocycles. The van der Waals surface area contributed by atoms with Crippen LogP contribution in [0.5, 0.6) is 5.75 Å². The van der Waals surface area contributed by atoms with Gasteiger partial charge in [-0.2, -0.15) is 0 Å². The fourth-order valence-corrected chi connectivity index (χ4v) is 2.05. The quantitative estimate of drug-likeness (QED) is 0.475. The van der Waals surface area contributed by atoms with Crippen molar-refractivity contribution in [3.63, 3.8) is 0 Å². The smallest absolute Gasteiger partial charge is 0.283 e. The molecule has 0 fully saturated rings. The number of hydrogen-bond donors (Lipinski definition) is 0. The molecule has 0 aliphatic carbocycles. The standard InChI is InChI=1S/C13H9BrN2O4/c14-13-9(2-1-3-12(13)16(18)19)8-20-11-5-4-10(7-17)15-6-11/h1-7H,8H2. The van der Waals surface area contributed by atoms with Crippen molar-refractivity contribution in [1.82, 2.24) is 4.98 Å². The highest BCUT2D eigenvalue weighted by molar-refractivity contribution is 9.10. The molecule has 0 spiro atoms. The lowest BCUT2D eigenvalue weighted by atomic mass is 10.2. The van der Waals surface area contributed by atoms with Gasteiger partial charge in [0.25, 0.3) is 5.69 Å². The van der Waals surface area contributed by atoms with Crippen molar-refractivity contribution in [1.29, 1.82) is 0 Å². The molecule has 1 aromatic heterocycles. The molecule has 0 saturated heterocycles. The lowest BCUT2D eigenvalue weighted by Crippen LogP contribution is -1.99. The number of aromatic nitrogens is 1. The molecule has 0 atom stereocenters. The molecule has 102 valence electrons. The number of hydrogen-bond acceptors (Lipinski definition) is 5. The van der Waals surface area contributed by atoms with E-state index in [1.54, 1.807) is 18.2 Å². The first-order chi connectivity index (χ1) is 9.61. The number of carbonyl (C=O) groups is 1. The first-order valence-electron chi connectivity index (χ1n) is 5.57. The molecule has 1 aromatic carbocycles. The van der Waals surface area contributed by atoms with Crippen LogP contribution < -0.4 is 4.74 Å². The first kappa shape index (κ1) is 14.1. The molecule has 20 heavy (non-hydrogen) atoms. The lowest BCUT2D eigenvalue weighted by molar-refractivity contribution is -0.385. The molecule has 7 heteroatoms. The summed E-state index contributed by atoms with van der Waals surface area (Å²) in [5, 5.41) is 10.8. The molecule has 0 N–H and O–H groups in total. The third-order valence-electron chi connectivity index (χ3n) is 2.53. The topological polar surface area (TPSA) is 82.3 Å². The van der Waals surface area contributed by atoms with E-state index >= 15 is 0 Å². The molecule has 1 heterocycles. The molecule has 0 radical (unpaired) electrons. The number of pyridine rings is 1. The molecule has 0 amide bonds. The van der Waals surface area contributed by atoms with Crippen LogP contribution in [0.4, 0.5) is 5.69 Å². The van der Waals surface area contributed by atoms with E-state index in [0.717, 1.165) is 0 Å². The normalized spacial score (nSPS) is 10.1. The highest BCUT2D eigenvalue weighted by atomic mass is 79.9. The molecule has 0 unspecified atom stereocenters. The number of nitro benzene ring substituents is 1. The van der Waals surface area contributed by atoms with E-state index in [1.807, 2.05) is 0 Å². The van der Waals surface area contributed by atoms with E-state index in [0.29, 0.717) is 27.8 Å². The van der Waals surface area contributed by atoms with Gasteiger partial charge in [0.2, 0.25) is 0 Å². The number of nitro groups is 1. The summed E-state index contributed by atoms with van der Waals surface area (Å²) in [6, 6.07) is 7.88. The number of nitrogens with zero attached hydrogens (tertiary/aromatic N) is 2. The maximum absolute atomic E-state index is 10.8. The van der Waals surface area contributed by atoms with Crippen LogP contribution in [-0.4, -0.2) is 16.2 Å². The summed E-state index contributed by atoms with van der Waals surface area (Å²) in [6.07, 6.45) is 2.07. The summed E-state index contributed by atoms with van der Waals surface area (Å²) in [6.45, 7) is 0.157. The predicted molar refractivity (Wildman–Crippen MR) is 74.8 cm³/mol. The van der Waals surface area contributed by atoms with E-state index in [9.17, 15) is 14.9 Å². The van der Waals surface area contributed by atoms with Crippen LogP contribution in [0.3, 0.4) is 0 Å². The molecule has 0 aliphatic heterocycles. The summed E-state index contributed by atoms with van der Waals surface area (Å²) in [7, 11) is 0. The average Bonchev–Trinajstić information content (AvgIpc) is 2.46. The Labute approximate surface area is 122 Å². The van der Waals surface area contributed by atoms with E-state index in [1.165, 1.54) is 18.3 Å². The van der Waals surface area contributed by atoms with Gasteiger partial charge in [0.15, 0.2) is 6.29 Å². The number of halogens is 1. The van der Waals surface area contributed by atoms with E-state index in [2.05, 4.69) is 20.9 Å². The first-order valence-corrected chi connectivity index (χ1v) is 6.37. The van der Waals surface area contributed by atoms with Crippen LogP contribution in [0.15, 0.2) is 41.0 Å². The molecule has 6 nitrogen and oxygen atoms in total. The second-order valence-electron chi connectivity index (χ2n) is 3.83. The minimum atomic E-state index is -0.464. The van der Waals surface area contributed by atoms with Crippen molar-refractivity contribution in [2.75, 3.05) is 0 Å². The zero-order valence-corrected chi connectivity index (χ0v) is 11.7. The van der Waals surface area contributed by atoms with Crippen LogP contribution >= 0.6 is 15.9 Å². The van der Waals surface area contributed by atoms with Gasteiger partial charge in [-0.05, 0) is 28.1 Å². The molecule has 0 aliphatic rings. The molecular formula is C13H9BrN2O4. The summed E-state index contributed by atoms with van der Waals surface area (Å²) in [5.74, 6) is 0.481. The van der Waals surface area contributed by atoms with Gasteiger partial charge in [-0.15, -0.1) is 0 Å². The maximum Gasteiger partial charge on any atom is 0.283 e. The van der Waals surface area contributed by atoms with Crippen molar-refractivity contribution in [2.24, 2.45) is 0 Å². The molecule has 2 rings (SSSR count). The van der Waals surface area contributed by atoms with Gasteiger partial charge in [-0.25, -0.2) is 4.98 Å². The van der Waals surface area contributed by atoms with Crippen LogP contribution in [0.25, 0.3) is 0 Å². The Bertz CT molecular complexity index is 643. The van der Waals surface area contributed by atoms with Crippen molar-refractivity contribution in [3.05, 3.63) is 62.4 Å². The fourth-order valence-electron chi connectivity index (χ4n) is 1.53. The summed E-state index contributed by atoms with van der Waals surface area (Å²) < 4.78 is 5.87. The summed E-state index contributed by atoms with van der Waals surface area (Å²) in [5.41, 5.74) is 0.952. The minimum Gasteiger partial charge on any atom is -0.487 e. The van der Waals surface area contributed by atoms with Gasteiger partial charge in [0, 0.05) is 11.6 Å². The highest BCUT2D eigenvalue weighted by Crippen LogP contribution is 2.29. The second kappa shape index (κ2) is 6.25. The second-order valence-corrected chi connectivity index (χ2v) is 4.63. The Morgan fingerprint density at radius 2 is 2.15 bits per heavy atom. The molecule has 0 bridgehead atoms. The van der Waals surface area contributed by atoms with Gasteiger partial charge < -0.3 is 4.74 Å². The van der Waals surface area contributed by atoms with Gasteiger partial charge in [0.1, 0.15) is 22.5 Å². The van der Waals surface area contributed by atoms with Crippen molar-refractivity contribution in [2.45, 2.75) is 6.61 Å². The Hall–Kier alpha value is -2.28. The number of benzene rings is 1. The molecule has 2 aromatic rings.